The fraction of sp³-hybridized carbons (Fsp3) is 0.200. The highest BCUT2D eigenvalue weighted by molar-refractivity contribution is 9.10. The fourth-order valence-corrected chi connectivity index (χ4v) is 5.12. The van der Waals surface area contributed by atoms with Crippen molar-refractivity contribution in [3.05, 3.63) is 46.7 Å². The van der Waals surface area contributed by atoms with Crippen molar-refractivity contribution in [1.29, 1.82) is 0 Å². The summed E-state index contributed by atoms with van der Waals surface area (Å²) >= 11 is 2.84. The molecule has 0 bridgehead atoms. The monoisotopic (exact) mass is 513 g/mol. The second-order valence-corrected chi connectivity index (χ2v) is 10.1. The number of alkyl halides is 2. The first kappa shape index (κ1) is 23.1. The SMILES string of the molecule is CN(C)S(=O)(=O)c1ccccc1S(=O)(=O)NC(=O)c1ccc(OC(F)F)c(Br)n1. The molecule has 0 spiro atoms. The molecule has 1 amide bonds. The van der Waals surface area contributed by atoms with E-state index < -0.39 is 48.1 Å². The summed E-state index contributed by atoms with van der Waals surface area (Å²) in [5.41, 5.74) is -0.435. The number of rotatable bonds is 7. The molecule has 1 aromatic heterocycles. The summed E-state index contributed by atoms with van der Waals surface area (Å²) in [6.45, 7) is -3.12. The number of hydrogen-bond acceptors (Lipinski definition) is 7. The van der Waals surface area contributed by atoms with Crippen molar-refractivity contribution >= 4 is 41.9 Å². The molecule has 1 heterocycles. The van der Waals surface area contributed by atoms with E-state index in [2.05, 4.69) is 25.7 Å². The first-order valence-electron chi connectivity index (χ1n) is 7.56. The van der Waals surface area contributed by atoms with Crippen LogP contribution in [0, 0.1) is 0 Å². The molecule has 0 saturated heterocycles. The van der Waals surface area contributed by atoms with Crippen LogP contribution in [0.2, 0.25) is 0 Å². The van der Waals surface area contributed by atoms with Gasteiger partial charge in [-0.15, -0.1) is 0 Å². The van der Waals surface area contributed by atoms with Crippen molar-refractivity contribution in [1.82, 2.24) is 14.0 Å². The molecule has 0 aliphatic heterocycles. The third-order valence-corrected chi connectivity index (χ3v) is 7.35. The number of hydrogen-bond donors (Lipinski definition) is 1. The van der Waals surface area contributed by atoms with Crippen molar-refractivity contribution in [3.8, 4) is 5.75 Å². The number of carbonyl (C=O) groups is 1. The van der Waals surface area contributed by atoms with Gasteiger partial charge in [0.1, 0.15) is 20.1 Å². The number of nitrogens with one attached hydrogen (secondary N) is 1. The van der Waals surface area contributed by atoms with Gasteiger partial charge in [-0.1, -0.05) is 12.1 Å². The Balaban J connectivity index is 2.38. The van der Waals surface area contributed by atoms with Crippen LogP contribution in [0.15, 0.2) is 50.8 Å². The maximum absolute atomic E-state index is 12.6. The summed E-state index contributed by atoms with van der Waals surface area (Å²) in [6.07, 6.45) is 0. The van der Waals surface area contributed by atoms with Crippen LogP contribution < -0.4 is 9.46 Å². The number of halogens is 3. The van der Waals surface area contributed by atoms with E-state index in [1.54, 1.807) is 4.72 Å². The highest BCUT2D eigenvalue weighted by atomic mass is 79.9. The Labute approximate surface area is 173 Å². The Hall–Kier alpha value is -2.16. The lowest BCUT2D eigenvalue weighted by molar-refractivity contribution is -0.0506. The van der Waals surface area contributed by atoms with Crippen LogP contribution in [0.1, 0.15) is 10.5 Å². The van der Waals surface area contributed by atoms with Gasteiger partial charge in [0.15, 0.2) is 5.75 Å². The number of carbonyl (C=O) groups excluding carboxylic acids is 1. The molecule has 0 unspecified atom stereocenters. The van der Waals surface area contributed by atoms with Crippen LogP contribution in [0.25, 0.3) is 0 Å². The number of aromatic nitrogens is 1. The van der Waals surface area contributed by atoms with E-state index in [9.17, 15) is 30.4 Å². The molecule has 0 saturated carbocycles. The van der Waals surface area contributed by atoms with E-state index in [1.165, 1.54) is 26.2 Å². The molecule has 2 rings (SSSR count). The van der Waals surface area contributed by atoms with Crippen molar-refractivity contribution < 1.29 is 35.1 Å². The average molecular weight is 514 g/mol. The van der Waals surface area contributed by atoms with Gasteiger partial charge in [-0.25, -0.2) is 30.8 Å². The normalized spacial score (nSPS) is 12.2. The highest BCUT2D eigenvalue weighted by Crippen LogP contribution is 2.25. The summed E-state index contributed by atoms with van der Waals surface area (Å²) in [7, 11) is -6.28. The molecule has 14 heteroatoms. The minimum absolute atomic E-state index is 0.251. The maximum atomic E-state index is 12.6. The predicted octanol–water partition coefficient (Wildman–Crippen LogP) is 1.81. The van der Waals surface area contributed by atoms with Gasteiger partial charge in [-0.3, -0.25) is 4.79 Å². The molecular formula is C15H14BrF2N3O6S2. The standard InChI is InChI=1S/C15H14BrF2N3O6S2/c1-21(2)29(25,26)12-6-4-3-5-11(12)28(23,24)20-14(22)9-7-8-10(13(16)19-9)27-15(17)18/h3-8,15H,1-2H3,(H,20,22). The molecule has 0 aliphatic carbocycles. The predicted molar refractivity (Wildman–Crippen MR) is 101 cm³/mol. The lowest BCUT2D eigenvalue weighted by Gasteiger charge is -2.15. The average Bonchev–Trinajstić information content (AvgIpc) is 2.62. The van der Waals surface area contributed by atoms with Gasteiger partial charge in [0.2, 0.25) is 10.0 Å². The van der Waals surface area contributed by atoms with E-state index in [1.807, 2.05) is 0 Å². The molecule has 1 N–H and O–H groups in total. The molecule has 2 aromatic rings. The van der Waals surface area contributed by atoms with Gasteiger partial charge in [0.05, 0.1) is 0 Å². The van der Waals surface area contributed by atoms with E-state index in [0.29, 0.717) is 0 Å². The van der Waals surface area contributed by atoms with E-state index in [4.69, 9.17) is 0 Å². The molecule has 0 atom stereocenters. The van der Waals surface area contributed by atoms with Crippen molar-refractivity contribution in [2.24, 2.45) is 0 Å². The van der Waals surface area contributed by atoms with Crippen molar-refractivity contribution in [2.75, 3.05) is 14.1 Å². The van der Waals surface area contributed by atoms with Crippen molar-refractivity contribution in [2.45, 2.75) is 16.4 Å². The first-order valence-corrected chi connectivity index (χ1v) is 11.3. The topological polar surface area (TPSA) is 123 Å². The maximum Gasteiger partial charge on any atom is 0.387 e. The smallest absolute Gasteiger partial charge is 0.387 e. The third-order valence-electron chi connectivity index (χ3n) is 3.39. The fourth-order valence-electron chi connectivity index (χ4n) is 2.04. The number of pyridine rings is 1. The number of benzene rings is 1. The van der Waals surface area contributed by atoms with E-state index in [0.717, 1.165) is 28.6 Å². The molecular weight excluding hydrogens is 500 g/mol. The van der Waals surface area contributed by atoms with Crippen molar-refractivity contribution in [3.63, 3.8) is 0 Å². The van der Waals surface area contributed by atoms with Gasteiger partial charge >= 0.3 is 6.61 Å². The molecule has 0 fully saturated rings. The summed E-state index contributed by atoms with van der Waals surface area (Å²) in [4.78, 5) is 14.8. The second kappa shape index (κ2) is 8.69. The molecule has 1 aromatic carbocycles. The zero-order chi connectivity index (χ0) is 22.0. The molecule has 9 nitrogen and oxygen atoms in total. The number of sulfonamides is 2. The Kier molecular flexibility index (Phi) is 6.93. The van der Waals surface area contributed by atoms with Crippen LogP contribution in [-0.4, -0.2) is 52.7 Å². The quantitative estimate of drug-likeness (QED) is 0.560. The van der Waals surface area contributed by atoms with Crippen LogP contribution in [0.4, 0.5) is 8.78 Å². The van der Waals surface area contributed by atoms with Crippen LogP contribution in [0.3, 0.4) is 0 Å². The largest absolute Gasteiger partial charge is 0.432 e. The lowest BCUT2D eigenvalue weighted by Crippen LogP contribution is -2.33. The van der Waals surface area contributed by atoms with Crippen LogP contribution in [-0.2, 0) is 20.0 Å². The minimum Gasteiger partial charge on any atom is -0.432 e. The van der Waals surface area contributed by atoms with Gasteiger partial charge < -0.3 is 4.74 Å². The summed E-state index contributed by atoms with van der Waals surface area (Å²) in [6, 6.07) is 6.69. The number of amides is 1. The Morgan fingerprint density at radius 2 is 1.69 bits per heavy atom. The van der Waals surface area contributed by atoms with Gasteiger partial charge in [0.25, 0.3) is 15.9 Å². The van der Waals surface area contributed by atoms with Crippen LogP contribution in [0.5, 0.6) is 5.75 Å². The molecule has 29 heavy (non-hydrogen) atoms. The highest BCUT2D eigenvalue weighted by Gasteiger charge is 2.29. The van der Waals surface area contributed by atoms with Gasteiger partial charge in [0, 0.05) is 14.1 Å². The molecule has 158 valence electrons. The summed E-state index contributed by atoms with van der Waals surface area (Å²) in [5, 5.41) is 0. The zero-order valence-electron chi connectivity index (χ0n) is 14.8. The lowest BCUT2D eigenvalue weighted by atomic mass is 10.3. The number of ether oxygens (including phenoxy) is 1. The second-order valence-electron chi connectivity index (χ2n) is 5.53. The minimum atomic E-state index is -4.61. The molecule has 0 radical (unpaired) electrons. The van der Waals surface area contributed by atoms with Gasteiger partial charge in [-0.05, 0) is 40.2 Å². The van der Waals surface area contributed by atoms with E-state index in [-0.39, 0.29) is 10.4 Å². The van der Waals surface area contributed by atoms with E-state index >= 15 is 0 Å². The first-order chi connectivity index (χ1) is 13.4. The Morgan fingerprint density at radius 1 is 1.10 bits per heavy atom. The third kappa shape index (κ3) is 5.26. The zero-order valence-corrected chi connectivity index (χ0v) is 18.1. The number of nitrogens with zero attached hydrogens (tertiary/aromatic N) is 2. The van der Waals surface area contributed by atoms with Gasteiger partial charge in [-0.2, -0.15) is 8.78 Å². The Bertz CT molecular complexity index is 1140. The summed E-state index contributed by atoms with van der Waals surface area (Å²) < 4.78 is 81.0. The van der Waals surface area contributed by atoms with Crippen LogP contribution >= 0.6 is 15.9 Å². The Morgan fingerprint density at radius 3 is 2.21 bits per heavy atom. The summed E-state index contributed by atoms with van der Waals surface area (Å²) in [5.74, 6) is -1.56. The molecule has 0 aliphatic rings.